The maximum atomic E-state index is 13.8. The molecular formula is C27H31FN4O7. The van der Waals surface area contributed by atoms with Gasteiger partial charge in [-0.15, -0.1) is 0 Å². The van der Waals surface area contributed by atoms with Crippen molar-refractivity contribution in [3.63, 3.8) is 0 Å². The average molecular weight is 543 g/mol. The van der Waals surface area contributed by atoms with E-state index in [9.17, 15) is 38.9 Å². The van der Waals surface area contributed by atoms with Crippen molar-refractivity contribution >= 4 is 41.0 Å². The minimum Gasteiger partial charge on any atom is -0.479 e. The van der Waals surface area contributed by atoms with E-state index in [0.717, 1.165) is 4.90 Å². The van der Waals surface area contributed by atoms with Crippen LogP contribution in [0.1, 0.15) is 58.6 Å². The van der Waals surface area contributed by atoms with Crippen molar-refractivity contribution in [1.82, 2.24) is 15.2 Å². The molecule has 2 aromatic rings. The Morgan fingerprint density at radius 2 is 1.90 bits per heavy atom. The van der Waals surface area contributed by atoms with E-state index in [1.54, 1.807) is 19.9 Å². The van der Waals surface area contributed by atoms with Gasteiger partial charge < -0.3 is 35.8 Å². The topological polar surface area (TPSA) is 172 Å². The Morgan fingerprint density at radius 3 is 2.54 bits per heavy atom. The zero-order chi connectivity index (χ0) is 28.6. The van der Waals surface area contributed by atoms with Gasteiger partial charge in [0.25, 0.3) is 11.8 Å². The number of carbonyl (C=O) groups is 4. The zero-order valence-corrected chi connectivity index (χ0v) is 21.8. The molecule has 4 rings (SSSR count). The van der Waals surface area contributed by atoms with Crippen LogP contribution in [0.3, 0.4) is 0 Å². The van der Waals surface area contributed by atoms with E-state index in [2.05, 4.69) is 15.6 Å². The molecule has 39 heavy (non-hydrogen) atoms. The monoisotopic (exact) mass is 542 g/mol. The molecule has 0 radical (unpaired) electrons. The molecule has 6 N–H and O–H groups in total. The van der Waals surface area contributed by atoms with Gasteiger partial charge in [-0.2, -0.15) is 0 Å². The average Bonchev–Trinajstić information content (AvgIpc) is 3.56. The standard InChI is InChI=1S/C27H31FN4O7/c1-13-21(11-19-18-8-15(28)4-5-20(18)31-24(19)36)30-14(2)23(13)25(37)29-12-17(34)9-16(33)10-22(35)32(3)27(6-7-27)26(38)39/h4-5,8,11,16-17,30,33-34H,6-7,9-10,12H2,1-3H3,(H,29,37)(H,31,36)(H,38,39)/b19-11-/t16-,17+/m1/s1. The lowest BCUT2D eigenvalue weighted by Gasteiger charge is -2.26. The van der Waals surface area contributed by atoms with Gasteiger partial charge in [0, 0.05) is 42.7 Å². The van der Waals surface area contributed by atoms with Crippen LogP contribution in [-0.4, -0.2) is 80.2 Å². The Morgan fingerprint density at radius 1 is 1.21 bits per heavy atom. The van der Waals surface area contributed by atoms with Crippen LogP contribution in [-0.2, 0) is 14.4 Å². The van der Waals surface area contributed by atoms with Gasteiger partial charge in [0.15, 0.2) is 0 Å². The molecule has 12 heteroatoms. The quantitative estimate of drug-likeness (QED) is 0.247. The number of likely N-dealkylation sites (N-methyl/N-ethyl adjacent to an activating group) is 1. The smallest absolute Gasteiger partial charge is 0.329 e. The number of aromatic nitrogens is 1. The second kappa shape index (κ2) is 10.6. The number of anilines is 1. The predicted octanol–water partition coefficient (Wildman–Crippen LogP) is 1.57. The maximum Gasteiger partial charge on any atom is 0.329 e. The summed E-state index contributed by atoms with van der Waals surface area (Å²) >= 11 is 0. The number of aromatic amines is 1. The van der Waals surface area contributed by atoms with Gasteiger partial charge in [-0.05, 0) is 56.5 Å². The van der Waals surface area contributed by atoms with Crippen LogP contribution in [0.15, 0.2) is 18.2 Å². The number of halogens is 1. The van der Waals surface area contributed by atoms with E-state index >= 15 is 0 Å². The number of rotatable bonds is 10. The van der Waals surface area contributed by atoms with E-state index < -0.39 is 47.3 Å². The summed E-state index contributed by atoms with van der Waals surface area (Å²) in [6.45, 7) is 3.17. The van der Waals surface area contributed by atoms with Gasteiger partial charge in [0.2, 0.25) is 5.91 Å². The largest absolute Gasteiger partial charge is 0.479 e. The SMILES string of the molecule is Cc1[nH]c(/C=C2\C(=O)Nc3ccc(F)cc32)c(C)c1C(=O)NC[C@@H](O)C[C@@H](O)CC(=O)N(C)C1(C(=O)O)CC1. The molecule has 1 fully saturated rings. The van der Waals surface area contributed by atoms with Crippen LogP contribution in [0, 0.1) is 19.7 Å². The second-order valence-corrected chi connectivity index (χ2v) is 10.1. The number of fused-ring (bicyclic) bond motifs is 1. The fourth-order valence-corrected chi connectivity index (χ4v) is 4.87. The predicted molar refractivity (Wildman–Crippen MR) is 139 cm³/mol. The van der Waals surface area contributed by atoms with E-state index in [-0.39, 0.29) is 25.0 Å². The first-order valence-electron chi connectivity index (χ1n) is 12.5. The molecule has 1 saturated carbocycles. The van der Waals surface area contributed by atoms with E-state index in [1.165, 1.54) is 25.2 Å². The first-order chi connectivity index (χ1) is 18.3. The van der Waals surface area contributed by atoms with E-state index in [0.29, 0.717) is 46.6 Å². The first-order valence-corrected chi connectivity index (χ1v) is 12.5. The van der Waals surface area contributed by atoms with Gasteiger partial charge in [-0.25, -0.2) is 9.18 Å². The summed E-state index contributed by atoms with van der Waals surface area (Å²) in [6.07, 6.45) is -0.689. The fourth-order valence-electron chi connectivity index (χ4n) is 4.87. The van der Waals surface area contributed by atoms with Gasteiger partial charge in [0.05, 0.1) is 29.8 Å². The number of amides is 3. The Labute approximate surface area is 223 Å². The lowest BCUT2D eigenvalue weighted by atomic mass is 10.0. The minimum atomic E-state index is -1.23. The number of aliphatic carboxylic acids is 1. The number of benzene rings is 1. The fraction of sp³-hybridized carbons (Fsp3) is 0.407. The summed E-state index contributed by atoms with van der Waals surface area (Å²) in [7, 11) is 1.38. The number of nitrogens with one attached hydrogen (secondary N) is 3. The Balaban J connectivity index is 1.36. The molecule has 3 amide bonds. The first kappa shape index (κ1) is 28.0. The van der Waals surface area contributed by atoms with Crippen molar-refractivity contribution in [2.45, 2.75) is 57.3 Å². The molecule has 0 bridgehead atoms. The zero-order valence-electron chi connectivity index (χ0n) is 21.8. The number of aliphatic hydroxyl groups excluding tert-OH is 2. The van der Waals surface area contributed by atoms with Crippen LogP contribution in [0.2, 0.25) is 0 Å². The van der Waals surface area contributed by atoms with Crippen LogP contribution >= 0.6 is 0 Å². The molecule has 1 aliphatic carbocycles. The molecule has 2 atom stereocenters. The van der Waals surface area contributed by atoms with Gasteiger partial charge in [-0.1, -0.05) is 0 Å². The lowest BCUT2D eigenvalue weighted by Crippen LogP contribution is -2.45. The Kier molecular flexibility index (Phi) is 7.62. The van der Waals surface area contributed by atoms with Crippen molar-refractivity contribution in [2.24, 2.45) is 0 Å². The van der Waals surface area contributed by atoms with Crippen molar-refractivity contribution < 1.29 is 38.9 Å². The molecule has 0 spiro atoms. The Bertz CT molecular complexity index is 1380. The van der Waals surface area contributed by atoms with Crippen LogP contribution in [0.4, 0.5) is 10.1 Å². The van der Waals surface area contributed by atoms with Gasteiger partial charge in [-0.3, -0.25) is 14.4 Å². The highest BCUT2D eigenvalue weighted by Gasteiger charge is 2.55. The molecule has 208 valence electrons. The van der Waals surface area contributed by atoms with Crippen molar-refractivity contribution in [1.29, 1.82) is 0 Å². The number of hydrogen-bond acceptors (Lipinski definition) is 6. The normalized spacial score (nSPS) is 17.8. The third-order valence-corrected chi connectivity index (χ3v) is 7.35. The summed E-state index contributed by atoms with van der Waals surface area (Å²) in [5.74, 6) is -3.00. The van der Waals surface area contributed by atoms with Crippen molar-refractivity contribution in [3.8, 4) is 0 Å². The number of nitrogens with zero attached hydrogens (tertiary/aromatic N) is 1. The number of hydrogen-bond donors (Lipinski definition) is 6. The molecule has 1 aromatic heterocycles. The molecule has 0 saturated heterocycles. The summed E-state index contributed by atoms with van der Waals surface area (Å²) in [5, 5.41) is 35.2. The van der Waals surface area contributed by atoms with Crippen molar-refractivity contribution in [3.05, 3.63) is 52.1 Å². The molecule has 2 aliphatic rings. The van der Waals surface area contributed by atoms with E-state index in [4.69, 9.17) is 0 Å². The number of carboxylic acid groups (broad SMARTS) is 1. The summed E-state index contributed by atoms with van der Waals surface area (Å²) in [6, 6.07) is 3.99. The second-order valence-electron chi connectivity index (χ2n) is 10.1. The molecule has 2 heterocycles. The molecule has 0 unspecified atom stereocenters. The van der Waals surface area contributed by atoms with Crippen LogP contribution in [0.5, 0.6) is 0 Å². The van der Waals surface area contributed by atoms with Gasteiger partial charge in [0.1, 0.15) is 11.4 Å². The summed E-state index contributed by atoms with van der Waals surface area (Å²) < 4.78 is 13.8. The third kappa shape index (κ3) is 5.57. The van der Waals surface area contributed by atoms with Crippen LogP contribution < -0.4 is 10.6 Å². The number of H-pyrrole nitrogens is 1. The number of aliphatic hydroxyl groups is 2. The van der Waals surface area contributed by atoms with Gasteiger partial charge >= 0.3 is 5.97 Å². The molecular weight excluding hydrogens is 511 g/mol. The molecule has 1 aromatic carbocycles. The number of carbonyl (C=O) groups excluding carboxylic acids is 3. The highest BCUT2D eigenvalue weighted by atomic mass is 19.1. The van der Waals surface area contributed by atoms with Crippen molar-refractivity contribution in [2.75, 3.05) is 18.9 Å². The Hall–Kier alpha value is -4.03. The maximum absolute atomic E-state index is 13.8. The lowest BCUT2D eigenvalue weighted by molar-refractivity contribution is -0.151. The highest BCUT2D eigenvalue weighted by Crippen LogP contribution is 2.41. The molecule has 11 nitrogen and oxygen atoms in total. The number of aryl methyl sites for hydroxylation is 1. The highest BCUT2D eigenvalue weighted by molar-refractivity contribution is 6.34. The van der Waals surface area contributed by atoms with Crippen LogP contribution in [0.25, 0.3) is 11.6 Å². The summed E-state index contributed by atoms with van der Waals surface area (Å²) in [4.78, 5) is 53.3. The third-order valence-electron chi connectivity index (χ3n) is 7.35. The molecule has 1 aliphatic heterocycles. The number of carboxylic acids is 1. The minimum absolute atomic E-state index is 0.200. The van der Waals surface area contributed by atoms with E-state index in [1.807, 2.05) is 0 Å². The summed E-state index contributed by atoms with van der Waals surface area (Å²) in [5.41, 5.74) is 1.81.